The zero-order valence-corrected chi connectivity index (χ0v) is 11.8. The van der Waals surface area contributed by atoms with E-state index in [1.807, 2.05) is 0 Å². The first kappa shape index (κ1) is 14.9. The third-order valence-corrected chi connectivity index (χ3v) is 3.63. The molecule has 0 aliphatic carbocycles. The largest absolute Gasteiger partial charge is 0.392 e. The van der Waals surface area contributed by atoms with E-state index in [2.05, 4.69) is 26.3 Å². The fourth-order valence-electron chi connectivity index (χ4n) is 2.42. The Bertz CT molecular complexity index is 788. The topological polar surface area (TPSA) is 119 Å². The maximum atomic E-state index is 13.3. The first-order valence-electron chi connectivity index (χ1n) is 6.26. The molecule has 0 spiro atoms. The van der Waals surface area contributed by atoms with Gasteiger partial charge in [-0.05, 0) is 17.5 Å². The number of nitrogen functional groups attached to an aromatic ring is 1. The van der Waals surface area contributed by atoms with Gasteiger partial charge in [-0.3, -0.25) is 4.57 Å². The number of aromatic nitrogens is 4. The van der Waals surface area contributed by atoms with Crippen molar-refractivity contribution in [3.63, 3.8) is 0 Å². The van der Waals surface area contributed by atoms with E-state index in [1.54, 1.807) is 0 Å². The Hall–Kier alpha value is -1.99. The minimum atomic E-state index is -1.51. The Labute approximate surface area is 128 Å². The number of imidazole rings is 1. The lowest BCUT2D eigenvalue weighted by Crippen LogP contribution is -2.41. The van der Waals surface area contributed by atoms with Crippen LogP contribution >= 0.6 is 11.6 Å². The Balaban J connectivity index is 2.04. The van der Waals surface area contributed by atoms with E-state index >= 15 is 0 Å². The number of aliphatic hydroxyl groups is 2. The van der Waals surface area contributed by atoms with Crippen molar-refractivity contribution in [3.05, 3.63) is 12.4 Å². The molecule has 0 unspecified atom stereocenters. The van der Waals surface area contributed by atoms with Gasteiger partial charge in [0.15, 0.2) is 22.6 Å². The van der Waals surface area contributed by atoms with E-state index in [0.29, 0.717) is 0 Å². The molecular weight excluding hydrogens is 317 g/mol. The van der Waals surface area contributed by atoms with Crippen LogP contribution in [-0.2, 0) is 4.74 Å². The third-order valence-electron chi connectivity index (χ3n) is 3.53. The summed E-state index contributed by atoms with van der Waals surface area (Å²) in [6, 6.07) is 0. The number of ether oxygens (including phenoxy) is 1. The van der Waals surface area contributed by atoms with Crippen molar-refractivity contribution < 1.29 is 19.3 Å². The number of nitrogens with two attached hydrogens (primary N) is 1. The Morgan fingerprint density at radius 3 is 3.05 bits per heavy atom. The molecule has 0 saturated carbocycles. The van der Waals surface area contributed by atoms with Gasteiger partial charge in [0.1, 0.15) is 12.3 Å². The third kappa shape index (κ3) is 2.17. The molecule has 1 saturated heterocycles. The molecule has 2 aromatic heterocycles. The van der Waals surface area contributed by atoms with Crippen molar-refractivity contribution in [1.82, 2.24) is 19.5 Å². The summed E-state index contributed by atoms with van der Waals surface area (Å²) in [6.07, 6.45) is -1.43. The highest BCUT2D eigenvalue weighted by atomic mass is 35.5. The molecule has 0 aromatic carbocycles. The lowest BCUT2D eigenvalue weighted by Gasteiger charge is -2.23. The van der Waals surface area contributed by atoms with Gasteiger partial charge in [-0.2, -0.15) is 14.4 Å². The molecule has 116 valence electrons. The fraction of sp³-hybridized carbons (Fsp3) is 0.417. The van der Waals surface area contributed by atoms with Gasteiger partial charge in [0, 0.05) is 11.8 Å². The predicted octanol–water partition coefficient (Wildman–Crippen LogP) is -0.242. The second-order valence-electron chi connectivity index (χ2n) is 4.79. The van der Waals surface area contributed by atoms with Crippen LogP contribution in [0.25, 0.3) is 11.2 Å². The van der Waals surface area contributed by atoms with Gasteiger partial charge in [-0.25, -0.2) is 4.98 Å². The van der Waals surface area contributed by atoms with Crippen LogP contribution in [0.4, 0.5) is 10.2 Å². The number of anilines is 1. The van der Waals surface area contributed by atoms with Gasteiger partial charge in [0.2, 0.25) is 0 Å². The standard InChI is InChI=1S/C12H11ClFN5O3/c13-2-1-12(4-20)6(21)3-7(22-12)19-5-16-8-9(15)17-11(14)18-10(8)19/h5-7,20-21H,3-4H2,(H2,15,17,18)/t6-,7+,12+/m0/s1. The average molecular weight is 328 g/mol. The summed E-state index contributed by atoms with van der Waals surface area (Å²) in [4.78, 5) is 11.0. The number of hydrogen-bond acceptors (Lipinski definition) is 7. The second-order valence-corrected chi connectivity index (χ2v) is 4.98. The summed E-state index contributed by atoms with van der Waals surface area (Å²) in [5.41, 5.74) is 4.41. The molecule has 1 aliphatic heterocycles. The summed E-state index contributed by atoms with van der Waals surface area (Å²) in [6.45, 7) is -0.553. The molecule has 4 N–H and O–H groups in total. The van der Waals surface area contributed by atoms with Crippen LogP contribution in [0.1, 0.15) is 12.6 Å². The Morgan fingerprint density at radius 2 is 2.36 bits per heavy atom. The zero-order chi connectivity index (χ0) is 15.9. The van der Waals surface area contributed by atoms with Crippen LogP contribution in [0.2, 0.25) is 0 Å². The normalized spacial score (nSPS) is 27.8. The van der Waals surface area contributed by atoms with Crippen molar-refractivity contribution in [2.24, 2.45) is 0 Å². The van der Waals surface area contributed by atoms with Gasteiger partial charge in [0.05, 0.1) is 12.9 Å². The number of hydrogen-bond donors (Lipinski definition) is 3. The predicted molar refractivity (Wildman–Crippen MR) is 73.9 cm³/mol. The average Bonchev–Trinajstić information content (AvgIpc) is 3.02. The summed E-state index contributed by atoms with van der Waals surface area (Å²) < 4.78 is 20.4. The molecule has 10 heteroatoms. The zero-order valence-electron chi connectivity index (χ0n) is 11.1. The molecule has 0 bridgehead atoms. The first-order chi connectivity index (χ1) is 10.5. The van der Waals surface area contributed by atoms with Gasteiger partial charge < -0.3 is 20.7 Å². The van der Waals surface area contributed by atoms with Crippen LogP contribution in [0.15, 0.2) is 6.33 Å². The van der Waals surface area contributed by atoms with E-state index in [0.717, 1.165) is 0 Å². The van der Waals surface area contributed by atoms with Crippen molar-refractivity contribution in [3.8, 4) is 11.3 Å². The van der Waals surface area contributed by atoms with Crippen LogP contribution in [0, 0.1) is 17.4 Å². The highest BCUT2D eigenvalue weighted by Gasteiger charge is 2.48. The maximum Gasteiger partial charge on any atom is 0.312 e. The van der Waals surface area contributed by atoms with Crippen LogP contribution in [0.3, 0.4) is 0 Å². The van der Waals surface area contributed by atoms with Crippen molar-refractivity contribution in [1.29, 1.82) is 0 Å². The number of halogens is 2. The molecule has 3 rings (SSSR count). The first-order valence-corrected chi connectivity index (χ1v) is 6.63. The van der Waals surface area contributed by atoms with Gasteiger partial charge in [0.25, 0.3) is 0 Å². The monoisotopic (exact) mass is 327 g/mol. The molecule has 2 aromatic rings. The fourth-order valence-corrected chi connectivity index (χ4v) is 2.58. The second kappa shape index (κ2) is 5.33. The molecule has 1 aliphatic rings. The van der Waals surface area contributed by atoms with E-state index in [-0.39, 0.29) is 23.4 Å². The smallest absolute Gasteiger partial charge is 0.312 e. The molecule has 0 radical (unpaired) electrons. The lowest BCUT2D eigenvalue weighted by atomic mass is 9.99. The minimum absolute atomic E-state index is 0.0864. The summed E-state index contributed by atoms with van der Waals surface area (Å²) in [7, 11) is 0. The Kier molecular flexibility index (Phi) is 3.62. The number of nitrogens with zero attached hydrogens (tertiary/aromatic N) is 4. The van der Waals surface area contributed by atoms with Crippen molar-refractivity contribution in [2.45, 2.75) is 24.4 Å². The summed E-state index contributed by atoms with van der Waals surface area (Å²) >= 11 is 5.36. The highest BCUT2D eigenvalue weighted by Crippen LogP contribution is 2.37. The van der Waals surface area contributed by atoms with E-state index < -0.39 is 30.6 Å². The van der Waals surface area contributed by atoms with Crippen LogP contribution in [0.5, 0.6) is 0 Å². The minimum Gasteiger partial charge on any atom is -0.392 e. The number of rotatable bonds is 2. The summed E-state index contributed by atoms with van der Waals surface area (Å²) in [5.74, 6) is 2.35. The van der Waals surface area contributed by atoms with Crippen LogP contribution < -0.4 is 5.73 Å². The molecule has 3 atom stereocenters. The van der Waals surface area contributed by atoms with E-state index in [1.165, 1.54) is 10.9 Å². The number of aliphatic hydroxyl groups excluding tert-OH is 2. The van der Waals surface area contributed by atoms with Gasteiger partial charge in [-0.15, -0.1) is 0 Å². The summed E-state index contributed by atoms with van der Waals surface area (Å²) in [5, 5.41) is 21.7. The van der Waals surface area contributed by atoms with Gasteiger partial charge in [-0.1, -0.05) is 0 Å². The molecule has 3 heterocycles. The SMILES string of the molecule is Nc1nc(F)nc2c1ncn2[C@H]1C[C@H](O)[C@@](C#CCl)(CO)O1. The molecule has 8 nitrogen and oxygen atoms in total. The van der Waals surface area contributed by atoms with Crippen molar-refractivity contribution in [2.75, 3.05) is 12.3 Å². The maximum absolute atomic E-state index is 13.3. The number of fused-ring (bicyclic) bond motifs is 1. The lowest BCUT2D eigenvalue weighted by molar-refractivity contribution is -0.0892. The molecule has 1 fully saturated rings. The molecule has 22 heavy (non-hydrogen) atoms. The quantitative estimate of drug-likeness (QED) is 0.514. The molecule has 0 amide bonds. The molecular formula is C12H11ClFN5O3. The Morgan fingerprint density at radius 1 is 1.59 bits per heavy atom. The van der Waals surface area contributed by atoms with Gasteiger partial charge >= 0.3 is 6.08 Å². The highest BCUT2D eigenvalue weighted by molar-refractivity contribution is 6.30. The van der Waals surface area contributed by atoms with E-state index in [9.17, 15) is 14.6 Å². The van der Waals surface area contributed by atoms with Crippen LogP contribution in [-0.4, -0.2) is 48.0 Å². The van der Waals surface area contributed by atoms with Crippen molar-refractivity contribution >= 4 is 28.6 Å². The van der Waals surface area contributed by atoms with E-state index in [4.69, 9.17) is 22.1 Å².